The Balaban J connectivity index is 3.32. The second-order valence-corrected chi connectivity index (χ2v) is 3.83. The minimum Gasteiger partial charge on any atom is -0.388 e. The van der Waals surface area contributed by atoms with Crippen LogP contribution in [0.3, 0.4) is 0 Å². The molecular formula is C11H12N2O3. The Kier molecular flexibility index (Phi) is 3.59. The molecule has 0 saturated carbocycles. The van der Waals surface area contributed by atoms with Crippen LogP contribution in [0.5, 0.6) is 0 Å². The first-order valence-corrected chi connectivity index (χ1v) is 4.84. The molecule has 0 bridgehead atoms. The minimum atomic E-state index is -0.936. The third kappa shape index (κ3) is 2.35. The predicted molar refractivity (Wildman–Crippen MR) is 57.6 cm³/mol. The molecule has 0 radical (unpaired) electrons. The number of hydrogen-bond acceptors (Lipinski definition) is 4. The number of nitrogens with zero attached hydrogens (tertiary/aromatic N) is 2. The van der Waals surface area contributed by atoms with E-state index in [4.69, 9.17) is 5.26 Å². The lowest BCUT2D eigenvalue weighted by molar-refractivity contribution is -0.386. The topological polar surface area (TPSA) is 87.2 Å². The fraction of sp³-hybridized carbons (Fsp3) is 0.364. The van der Waals surface area contributed by atoms with Crippen molar-refractivity contribution >= 4 is 5.69 Å². The number of rotatable bonds is 3. The summed E-state index contributed by atoms with van der Waals surface area (Å²) in [7, 11) is 0. The van der Waals surface area contributed by atoms with Crippen molar-refractivity contribution in [3.05, 3.63) is 39.4 Å². The van der Waals surface area contributed by atoms with Crippen molar-refractivity contribution in [3.63, 3.8) is 0 Å². The van der Waals surface area contributed by atoms with Crippen molar-refractivity contribution in [2.24, 2.45) is 5.92 Å². The number of aliphatic hydroxyl groups excluding tert-OH is 1. The highest BCUT2D eigenvalue weighted by Gasteiger charge is 2.23. The van der Waals surface area contributed by atoms with Crippen LogP contribution >= 0.6 is 0 Å². The van der Waals surface area contributed by atoms with Gasteiger partial charge < -0.3 is 5.11 Å². The Bertz CT molecular complexity index is 449. The molecule has 5 heteroatoms. The molecular weight excluding hydrogens is 208 g/mol. The maximum Gasteiger partial charge on any atom is 0.275 e. The van der Waals surface area contributed by atoms with Crippen LogP contribution in [-0.2, 0) is 0 Å². The van der Waals surface area contributed by atoms with Crippen molar-refractivity contribution in [1.82, 2.24) is 0 Å². The Morgan fingerprint density at radius 3 is 2.56 bits per heavy atom. The maximum absolute atomic E-state index is 10.8. The van der Waals surface area contributed by atoms with Gasteiger partial charge in [0.1, 0.15) is 0 Å². The molecule has 0 aliphatic carbocycles. The summed E-state index contributed by atoms with van der Waals surface area (Å²) in [5, 5.41) is 29.3. The van der Waals surface area contributed by atoms with E-state index in [-0.39, 0.29) is 17.2 Å². The van der Waals surface area contributed by atoms with Gasteiger partial charge in [0.15, 0.2) is 0 Å². The van der Waals surface area contributed by atoms with Crippen LogP contribution in [0.2, 0.25) is 0 Å². The first-order chi connectivity index (χ1) is 7.47. The summed E-state index contributed by atoms with van der Waals surface area (Å²) in [6, 6.07) is 5.88. The summed E-state index contributed by atoms with van der Waals surface area (Å²) in [6.07, 6.45) is -0.936. The third-order valence-electron chi connectivity index (χ3n) is 2.30. The molecule has 1 N–H and O–H groups in total. The molecule has 1 atom stereocenters. The van der Waals surface area contributed by atoms with E-state index in [0.29, 0.717) is 5.56 Å². The van der Waals surface area contributed by atoms with E-state index >= 15 is 0 Å². The van der Waals surface area contributed by atoms with E-state index in [0.717, 1.165) is 0 Å². The smallest absolute Gasteiger partial charge is 0.275 e. The van der Waals surface area contributed by atoms with Crippen molar-refractivity contribution in [2.75, 3.05) is 0 Å². The number of nitro benzene ring substituents is 1. The molecule has 0 unspecified atom stereocenters. The number of aliphatic hydroxyl groups is 1. The zero-order chi connectivity index (χ0) is 12.3. The summed E-state index contributed by atoms with van der Waals surface area (Å²) < 4.78 is 0. The minimum absolute atomic E-state index is 0.146. The Labute approximate surface area is 93.1 Å². The van der Waals surface area contributed by atoms with Crippen molar-refractivity contribution in [1.29, 1.82) is 5.26 Å². The molecule has 84 valence electrons. The molecule has 0 saturated heterocycles. The highest BCUT2D eigenvalue weighted by molar-refractivity contribution is 5.47. The van der Waals surface area contributed by atoms with E-state index in [9.17, 15) is 15.2 Å². The molecule has 5 nitrogen and oxygen atoms in total. The van der Waals surface area contributed by atoms with Gasteiger partial charge in [-0.05, 0) is 18.1 Å². The molecule has 0 amide bonds. The quantitative estimate of drug-likeness (QED) is 0.624. The third-order valence-corrected chi connectivity index (χ3v) is 2.30. The van der Waals surface area contributed by atoms with E-state index in [1.165, 1.54) is 18.2 Å². The molecule has 0 spiro atoms. The first kappa shape index (κ1) is 12.1. The van der Waals surface area contributed by atoms with Crippen LogP contribution in [0.15, 0.2) is 18.2 Å². The Morgan fingerprint density at radius 1 is 1.50 bits per heavy atom. The van der Waals surface area contributed by atoms with E-state index in [1.807, 2.05) is 6.07 Å². The molecule has 1 aromatic carbocycles. The van der Waals surface area contributed by atoms with E-state index in [2.05, 4.69) is 0 Å². The van der Waals surface area contributed by atoms with Gasteiger partial charge in [0.2, 0.25) is 0 Å². The molecule has 0 fully saturated rings. The number of benzene rings is 1. The molecule has 0 heterocycles. The van der Waals surface area contributed by atoms with Gasteiger partial charge >= 0.3 is 0 Å². The van der Waals surface area contributed by atoms with Crippen LogP contribution in [0.4, 0.5) is 5.69 Å². The van der Waals surface area contributed by atoms with Crippen molar-refractivity contribution in [3.8, 4) is 6.07 Å². The Morgan fingerprint density at radius 2 is 2.12 bits per heavy atom. The molecule has 0 aromatic heterocycles. The number of nitriles is 1. The molecule has 0 aliphatic rings. The van der Waals surface area contributed by atoms with Gasteiger partial charge in [-0.25, -0.2) is 0 Å². The van der Waals surface area contributed by atoms with E-state index in [1.54, 1.807) is 13.8 Å². The average Bonchev–Trinajstić information content (AvgIpc) is 2.26. The lowest BCUT2D eigenvalue weighted by Gasteiger charge is -2.14. The zero-order valence-electron chi connectivity index (χ0n) is 9.04. The maximum atomic E-state index is 10.8. The van der Waals surface area contributed by atoms with Gasteiger partial charge in [0.25, 0.3) is 5.69 Å². The molecule has 0 aliphatic heterocycles. The van der Waals surface area contributed by atoms with Crippen LogP contribution < -0.4 is 0 Å². The van der Waals surface area contributed by atoms with Gasteiger partial charge in [0, 0.05) is 6.07 Å². The Hall–Kier alpha value is -1.93. The summed E-state index contributed by atoms with van der Waals surface area (Å²) in [5.41, 5.74) is 0.347. The average molecular weight is 220 g/mol. The van der Waals surface area contributed by atoms with Gasteiger partial charge in [-0.1, -0.05) is 13.8 Å². The lowest BCUT2D eigenvalue weighted by atomic mass is 9.96. The van der Waals surface area contributed by atoms with Crippen molar-refractivity contribution < 1.29 is 10.0 Å². The second-order valence-electron chi connectivity index (χ2n) is 3.83. The van der Waals surface area contributed by atoms with Crippen LogP contribution in [-0.4, -0.2) is 10.0 Å². The van der Waals surface area contributed by atoms with Gasteiger partial charge in [-0.3, -0.25) is 10.1 Å². The molecule has 1 rings (SSSR count). The monoisotopic (exact) mass is 220 g/mol. The fourth-order valence-electron chi connectivity index (χ4n) is 1.39. The number of nitro groups is 1. The van der Waals surface area contributed by atoms with Crippen molar-refractivity contribution in [2.45, 2.75) is 20.0 Å². The highest BCUT2D eigenvalue weighted by atomic mass is 16.6. The van der Waals surface area contributed by atoms with Gasteiger partial charge in [-0.2, -0.15) is 5.26 Å². The standard InChI is InChI=1S/C11H12N2O3/c1-7(2)11(14)9-5-8(6-12)3-4-10(9)13(15)16/h3-5,7,11,14H,1-2H3/t11-/m0/s1. The second kappa shape index (κ2) is 4.73. The fourth-order valence-corrected chi connectivity index (χ4v) is 1.39. The normalized spacial score (nSPS) is 12.2. The number of hydrogen-bond donors (Lipinski definition) is 1. The van der Waals surface area contributed by atoms with Gasteiger partial charge in [-0.15, -0.1) is 0 Å². The summed E-state index contributed by atoms with van der Waals surface area (Å²) in [6.45, 7) is 3.51. The highest BCUT2D eigenvalue weighted by Crippen LogP contribution is 2.30. The predicted octanol–water partition coefficient (Wildman–Crippen LogP) is 2.16. The molecule has 1 aromatic rings. The zero-order valence-corrected chi connectivity index (χ0v) is 9.04. The van der Waals surface area contributed by atoms with Gasteiger partial charge in [0.05, 0.1) is 28.2 Å². The molecule has 16 heavy (non-hydrogen) atoms. The van der Waals surface area contributed by atoms with Crippen LogP contribution in [0.1, 0.15) is 31.1 Å². The summed E-state index contributed by atoms with van der Waals surface area (Å²) in [5.74, 6) is -0.146. The summed E-state index contributed by atoms with van der Waals surface area (Å²) >= 11 is 0. The lowest BCUT2D eigenvalue weighted by Crippen LogP contribution is -2.08. The summed E-state index contributed by atoms with van der Waals surface area (Å²) in [4.78, 5) is 10.2. The van der Waals surface area contributed by atoms with Crippen LogP contribution in [0.25, 0.3) is 0 Å². The van der Waals surface area contributed by atoms with Crippen LogP contribution in [0, 0.1) is 27.4 Å². The van der Waals surface area contributed by atoms with E-state index < -0.39 is 11.0 Å². The first-order valence-electron chi connectivity index (χ1n) is 4.84. The SMILES string of the molecule is CC(C)[C@H](O)c1cc(C#N)ccc1[N+](=O)[O-]. The largest absolute Gasteiger partial charge is 0.388 e.